The molecule has 4 aromatic rings. The van der Waals surface area contributed by atoms with Gasteiger partial charge in [-0.25, -0.2) is 4.68 Å². The Hall–Kier alpha value is -4.18. The number of carbonyl (C=O) groups is 1. The summed E-state index contributed by atoms with van der Waals surface area (Å²) in [5, 5.41) is 20.9. The lowest BCUT2D eigenvalue weighted by Gasteiger charge is -2.08. The third kappa shape index (κ3) is 3.28. The van der Waals surface area contributed by atoms with Crippen molar-refractivity contribution in [3.8, 4) is 23.0 Å². The summed E-state index contributed by atoms with van der Waals surface area (Å²) in [6.07, 6.45) is 1.42. The standard InChI is InChI=1S/C22H18N6O/c1-15-19(22(29)25-21-17(13-23)14-24-27(21)2)20(16-9-5-3-6-10-16)26-28(15)18-11-7-4-8-12-18/h3-12,14H,1-2H3,(H,25,29). The SMILES string of the molecule is Cc1c(C(=O)Nc2c(C#N)cnn2C)c(-c2ccccc2)nn1-c1ccccc1. The summed E-state index contributed by atoms with van der Waals surface area (Å²) in [5.74, 6) is 0.00649. The van der Waals surface area contributed by atoms with Crippen LogP contribution in [0.5, 0.6) is 0 Å². The van der Waals surface area contributed by atoms with Crippen LogP contribution in [0.15, 0.2) is 66.9 Å². The minimum absolute atomic E-state index is 0.301. The molecule has 7 heteroatoms. The molecule has 29 heavy (non-hydrogen) atoms. The van der Waals surface area contributed by atoms with Crippen LogP contribution in [0.2, 0.25) is 0 Å². The number of aryl methyl sites for hydroxylation is 1. The number of nitrogens with zero attached hydrogens (tertiary/aromatic N) is 5. The van der Waals surface area contributed by atoms with Crippen molar-refractivity contribution in [2.24, 2.45) is 7.05 Å². The van der Waals surface area contributed by atoms with Gasteiger partial charge < -0.3 is 5.32 Å². The number of hydrogen-bond donors (Lipinski definition) is 1. The molecule has 0 radical (unpaired) electrons. The highest BCUT2D eigenvalue weighted by Crippen LogP contribution is 2.28. The average Bonchev–Trinajstić information content (AvgIpc) is 3.29. The van der Waals surface area contributed by atoms with Gasteiger partial charge in [-0.2, -0.15) is 15.5 Å². The first kappa shape index (κ1) is 18.2. The van der Waals surface area contributed by atoms with Gasteiger partial charge in [-0.1, -0.05) is 48.5 Å². The van der Waals surface area contributed by atoms with Gasteiger partial charge in [0.05, 0.1) is 23.1 Å². The largest absolute Gasteiger partial charge is 0.306 e. The number of para-hydroxylation sites is 1. The zero-order valence-electron chi connectivity index (χ0n) is 16.0. The molecule has 4 rings (SSSR count). The van der Waals surface area contributed by atoms with Crippen molar-refractivity contribution < 1.29 is 4.79 Å². The van der Waals surface area contributed by atoms with E-state index in [-0.39, 0.29) is 5.91 Å². The van der Waals surface area contributed by atoms with Gasteiger partial charge in [0.1, 0.15) is 23.1 Å². The molecule has 1 N–H and O–H groups in total. The Morgan fingerprint density at radius 2 is 1.72 bits per heavy atom. The van der Waals surface area contributed by atoms with Gasteiger partial charge in [-0.15, -0.1) is 0 Å². The van der Waals surface area contributed by atoms with E-state index in [1.54, 1.807) is 11.7 Å². The fraction of sp³-hybridized carbons (Fsp3) is 0.0909. The molecule has 0 fully saturated rings. The van der Waals surface area contributed by atoms with Gasteiger partial charge in [-0.3, -0.25) is 9.48 Å². The van der Waals surface area contributed by atoms with E-state index < -0.39 is 0 Å². The van der Waals surface area contributed by atoms with Gasteiger partial charge in [0.25, 0.3) is 5.91 Å². The number of carbonyl (C=O) groups excluding carboxylic acids is 1. The van der Waals surface area contributed by atoms with Gasteiger partial charge in [0, 0.05) is 12.6 Å². The summed E-state index contributed by atoms with van der Waals surface area (Å²) in [5.41, 5.74) is 3.72. The predicted molar refractivity (Wildman–Crippen MR) is 110 cm³/mol. The number of benzene rings is 2. The van der Waals surface area contributed by atoms with E-state index in [0.29, 0.717) is 28.3 Å². The Bertz CT molecular complexity index is 1220. The molecule has 0 aliphatic rings. The Balaban J connectivity index is 1.85. The Morgan fingerprint density at radius 1 is 1.07 bits per heavy atom. The van der Waals surface area contributed by atoms with Crippen molar-refractivity contribution in [3.05, 3.63) is 83.7 Å². The number of nitriles is 1. The smallest absolute Gasteiger partial charge is 0.260 e. The molecule has 0 aliphatic carbocycles. The van der Waals surface area contributed by atoms with Crippen LogP contribution < -0.4 is 5.32 Å². The molecule has 142 valence electrons. The molecular weight excluding hydrogens is 364 g/mol. The van der Waals surface area contributed by atoms with E-state index >= 15 is 0 Å². The van der Waals surface area contributed by atoms with Crippen molar-refractivity contribution >= 4 is 11.7 Å². The van der Waals surface area contributed by atoms with Crippen molar-refractivity contribution in [3.63, 3.8) is 0 Å². The molecule has 0 spiro atoms. The van der Waals surface area contributed by atoms with E-state index in [9.17, 15) is 10.1 Å². The highest BCUT2D eigenvalue weighted by atomic mass is 16.1. The summed E-state index contributed by atoms with van der Waals surface area (Å²) in [4.78, 5) is 13.3. The minimum Gasteiger partial charge on any atom is -0.306 e. The van der Waals surface area contributed by atoms with Crippen LogP contribution in [0.25, 0.3) is 16.9 Å². The average molecular weight is 382 g/mol. The zero-order valence-corrected chi connectivity index (χ0v) is 16.0. The van der Waals surface area contributed by atoms with Crippen LogP contribution in [0.3, 0.4) is 0 Å². The van der Waals surface area contributed by atoms with E-state index in [1.165, 1.54) is 10.9 Å². The third-order valence-corrected chi connectivity index (χ3v) is 4.68. The van der Waals surface area contributed by atoms with Crippen molar-refractivity contribution in [2.45, 2.75) is 6.92 Å². The van der Waals surface area contributed by atoms with Crippen LogP contribution in [-0.2, 0) is 7.05 Å². The Labute approximate surface area is 167 Å². The maximum atomic E-state index is 13.3. The second-order valence-electron chi connectivity index (χ2n) is 6.52. The highest BCUT2D eigenvalue weighted by molar-refractivity contribution is 6.09. The van der Waals surface area contributed by atoms with Crippen molar-refractivity contribution in [1.29, 1.82) is 5.26 Å². The molecule has 2 aromatic heterocycles. The normalized spacial score (nSPS) is 10.5. The number of aromatic nitrogens is 4. The molecule has 2 heterocycles. The lowest BCUT2D eigenvalue weighted by atomic mass is 10.1. The number of hydrogen-bond acceptors (Lipinski definition) is 4. The molecule has 0 aliphatic heterocycles. The molecule has 0 unspecified atom stereocenters. The summed E-state index contributed by atoms with van der Waals surface area (Å²) < 4.78 is 3.22. The second kappa shape index (κ2) is 7.44. The second-order valence-corrected chi connectivity index (χ2v) is 6.52. The van der Waals surface area contributed by atoms with E-state index in [1.807, 2.05) is 73.7 Å². The highest BCUT2D eigenvalue weighted by Gasteiger charge is 2.24. The first-order valence-corrected chi connectivity index (χ1v) is 9.04. The monoisotopic (exact) mass is 382 g/mol. The first-order chi connectivity index (χ1) is 14.1. The predicted octanol–water partition coefficient (Wildman–Crippen LogP) is 3.71. The lowest BCUT2D eigenvalue weighted by molar-refractivity contribution is 0.102. The summed E-state index contributed by atoms with van der Waals surface area (Å²) in [6, 6.07) is 21.3. The number of amides is 1. The van der Waals surface area contributed by atoms with Crippen LogP contribution in [0, 0.1) is 18.3 Å². The molecule has 0 bridgehead atoms. The third-order valence-electron chi connectivity index (χ3n) is 4.68. The lowest BCUT2D eigenvalue weighted by Crippen LogP contribution is -2.17. The Morgan fingerprint density at radius 3 is 2.38 bits per heavy atom. The van der Waals surface area contributed by atoms with E-state index in [2.05, 4.69) is 10.4 Å². The fourth-order valence-electron chi connectivity index (χ4n) is 3.23. The van der Waals surface area contributed by atoms with Crippen molar-refractivity contribution in [2.75, 3.05) is 5.32 Å². The van der Waals surface area contributed by atoms with Gasteiger partial charge >= 0.3 is 0 Å². The maximum absolute atomic E-state index is 13.3. The minimum atomic E-state index is -0.344. The molecule has 1 amide bonds. The van der Waals surface area contributed by atoms with Crippen molar-refractivity contribution in [1.82, 2.24) is 19.6 Å². The quantitative estimate of drug-likeness (QED) is 0.583. The topological polar surface area (TPSA) is 88.5 Å². The Kier molecular flexibility index (Phi) is 4.67. The summed E-state index contributed by atoms with van der Waals surface area (Å²) >= 11 is 0. The maximum Gasteiger partial charge on any atom is 0.260 e. The van der Waals surface area contributed by atoms with Gasteiger partial charge in [-0.05, 0) is 19.1 Å². The van der Waals surface area contributed by atoms with E-state index in [4.69, 9.17) is 5.10 Å². The van der Waals surface area contributed by atoms with Crippen LogP contribution in [0.4, 0.5) is 5.82 Å². The molecular formula is C22H18N6O. The van der Waals surface area contributed by atoms with Gasteiger partial charge in [0.15, 0.2) is 0 Å². The van der Waals surface area contributed by atoms with Crippen LogP contribution in [0.1, 0.15) is 21.6 Å². The molecule has 0 saturated heterocycles. The van der Waals surface area contributed by atoms with Crippen LogP contribution >= 0.6 is 0 Å². The van der Waals surface area contributed by atoms with Crippen LogP contribution in [-0.4, -0.2) is 25.5 Å². The molecule has 0 saturated carbocycles. The summed E-state index contributed by atoms with van der Waals surface area (Å²) in [6.45, 7) is 1.86. The molecule has 7 nitrogen and oxygen atoms in total. The molecule has 2 aromatic carbocycles. The zero-order chi connectivity index (χ0) is 20.4. The molecule has 0 atom stereocenters. The first-order valence-electron chi connectivity index (χ1n) is 9.04. The van der Waals surface area contributed by atoms with E-state index in [0.717, 1.165) is 11.3 Å². The summed E-state index contributed by atoms with van der Waals surface area (Å²) in [7, 11) is 1.68. The fourth-order valence-corrected chi connectivity index (χ4v) is 3.23. The number of rotatable bonds is 4. The van der Waals surface area contributed by atoms with Gasteiger partial charge in [0.2, 0.25) is 0 Å². The number of anilines is 1. The number of nitrogens with one attached hydrogen (secondary N) is 1.